The van der Waals surface area contributed by atoms with E-state index in [9.17, 15) is 9.90 Å². The lowest BCUT2D eigenvalue weighted by Crippen LogP contribution is -2.23. The van der Waals surface area contributed by atoms with Crippen molar-refractivity contribution in [2.45, 2.75) is 40.2 Å². The quantitative estimate of drug-likeness (QED) is 0.724. The number of hydrogen-bond donors (Lipinski definition) is 2. The Hall–Kier alpha value is -3.15. The molecule has 3 rings (SSSR count). The molecule has 140 valence electrons. The van der Waals surface area contributed by atoms with Crippen molar-refractivity contribution in [2.75, 3.05) is 0 Å². The number of aromatic nitrogens is 3. The summed E-state index contributed by atoms with van der Waals surface area (Å²) in [6, 6.07) is 10.9. The number of nitrogens with one attached hydrogen (secondary N) is 1. The van der Waals surface area contributed by atoms with Crippen LogP contribution < -0.4 is 5.32 Å². The van der Waals surface area contributed by atoms with E-state index in [-0.39, 0.29) is 23.1 Å². The Bertz CT molecular complexity index is 959. The molecule has 6 nitrogen and oxygen atoms in total. The lowest BCUT2D eigenvalue weighted by Gasteiger charge is -2.11. The van der Waals surface area contributed by atoms with Gasteiger partial charge in [-0.25, -0.2) is 9.67 Å². The average Bonchev–Trinajstić information content (AvgIpc) is 2.98. The van der Waals surface area contributed by atoms with Gasteiger partial charge in [0, 0.05) is 18.4 Å². The van der Waals surface area contributed by atoms with E-state index in [4.69, 9.17) is 0 Å². The molecule has 0 unspecified atom stereocenters. The van der Waals surface area contributed by atoms with E-state index in [1.807, 2.05) is 52.0 Å². The van der Waals surface area contributed by atoms with E-state index in [2.05, 4.69) is 15.4 Å². The monoisotopic (exact) mass is 364 g/mol. The van der Waals surface area contributed by atoms with Crippen LogP contribution in [0.25, 0.3) is 5.82 Å². The van der Waals surface area contributed by atoms with Crippen LogP contribution in [-0.4, -0.2) is 25.8 Å². The number of phenols is 1. The SMILES string of the molecule is Cc1cc(C)n(-c2ccc(CNC(=O)c3cc(C(C)C)ccc3O)cn2)n1. The van der Waals surface area contributed by atoms with E-state index in [1.54, 1.807) is 23.0 Å². The van der Waals surface area contributed by atoms with Gasteiger partial charge < -0.3 is 10.4 Å². The van der Waals surface area contributed by atoms with Crippen LogP contribution in [0.15, 0.2) is 42.6 Å². The summed E-state index contributed by atoms with van der Waals surface area (Å²) in [5, 5.41) is 17.2. The first-order valence-electron chi connectivity index (χ1n) is 8.95. The van der Waals surface area contributed by atoms with Crippen LogP contribution >= 0.6 is 0 Å². The maximum atomic E-state index is 12.4. The number of benzene rings is 1. The number of nitrogens with zero attached hydrogens (tertiary/aromatic N) is 3. The van der Waals surface area contributed by atoms with Crippen molar-refractivity contribution in [1.82, 2.24) is 20.1 Å². The summed E-state index contributed by atoms with van der Waals surface area (Å²) in [4.78, 5) is 16.9. The number of rotatable bonds is 5. The fourth-order valence-electron chi connectivity index (χ4n) is 2.88. The van der Waals surface area contributed by atoms with Gasteiger partial charge in [0.2, 0.25) is 0 Å². The van der Waals surface area contributed by atoms with Crippen molar-refractivity contribution in [3.8, 4) is 11.6 Å². The van der Waals surface area contributed by atoms with Crippen molar-refractivity contribution in [1.29, 1.82) is 0 Å². The highest BCUT2D eigenvalue weighted by Gasteiger charge is 2.13. The number of aryl methyl sites for hydroxylation is 2. The molecule has 0 bridgehead atoms. The lowest BCUT2D eigenvalue weighted by atomic mass is 10.00. The third-order valence-electron chi connectivity index (χ3n) is 4.42. The Morgan fingerprint density at radius 2 is 1.96 bits per heavy atom. The van der Waals surface area contributed by atoms with Gasteiger partial charge in [-0.15, -0.1) is 0 Å². The molecule has 27 heavy (non-hydrogen) atoms. The number of aromatic hydroxyl groups is 1. The summed E-state index contributed by atoms with van der Waals surface area (Å²) < 4.78 is 1.78. The molecule has 1 amide bonds. The van der Waals surface area contributed by atoms with Crippen molar-refractivity contribution in [3.05, 3.63) is 70.7 Å². The molecule has 0 saturated heterocycles. The zero-order valence-corrected chi connectivity index (χ0v) is 16.0. The first kappa shape index (κ1) is 18.6. The Balaban J connectivity index is 1.69. The minimum atomic E-state index is -0.308. The molecule has 0 spiro atoms. The van der Waals surface area contributed by atoms with Crippen LogP contribution in [0.1, 0.15) is 52.6 Å². The molecule has 0 saturated carbocycles. The highest BCUT2D eigenvalue weighted by Crippen LogP contribution is 2.23. The molecule has 2 aromatic heterocycles. The summed E-state index contributed by atoms with van der Waals surface area (Å²) in [6.45, 7) is 8.34. The number of hydrogen-bond acceptors (Lipinski definition) is 4. The molecule has 0 aliphatic rings. The normalized spacial score (nSPS) is 11.0. The topological polar surface area (TPSA) is 80.0 Å². The van der Waals surface area contributed by atoms with Crippen LogP contribution in [-0.2, 0) is 6.54 Å². The molecular weight excluding hydrogens is 340 g/mol. The minimum Gasteiger partial charge on any atom is -0.507 e. The second-order valence-electron chi connectivity index (χ2n) is 6.98. The Morgan fingerprint density at radius 3 is 2.56 bits per heavy atom. The first-order chi connectivity index (χ1) is 12.8. The molecule has 1 aromatic carbocycles. The van der Waals surface area contributed by atoms with Crippen molar-refractivity contribution in [3.63, 3.8) is 0 Å². The fourth-order valence-corrected chi connectivity index (χ4v) is 2.88. The summed E-state index contributed by atoms with van der Waals surface area (Å²) >= 11 is 0. The van der Waals surface area contributed by atoms with Gasteiger partial charge in [-0.1, -0.05) is 26.0 Å². The second kappa shape index (κ2) is 7.61. The largest absolute Gasteiger partial charge is 0.507 e. The van der Waals surface area contributed by atoms with Crippen LogP contribution in [0, 0.1) is 13.8 Å². The molecule has 2 heterocycles. The number of pyridine rings is 1. The first-order valence-corrected chi connectivity index (χ1v) is 8.95. The second-order valence-corrected chi connectivity index (χ2v) is 6.98. The third-order valence-corrected chi connectivity index (χ3v) is 4.42. The summed E-state index contributed by atoms with van der Waals surface area (Å²) in [5.74, 6) is 0.689. The number of phenolic OH excluding ortho intramolecular Hbond substituents is 1. The summed E-state index contributed by atoms with van der Waals surface area (Å²) in [7, 11) is 0. The van der Waals surface area contributed by atoms with Gasteiger partial charge in [0.05, 0.1) is 11.3 Å². The highest BCUT2D eigenvalue weighted by atomic mass is 16.3. The Kier molecular flexibility index (Phi) is 5.26. The van der Waals surface area contributed by atoms with Gasteiger partial charge in [-0.3, -0.25) is 4.79 Å². The zero-order chi connectivity index (χ0) is 19.6. The van der Waals surface area contributed by atoms with Gasteiger partial charge in [0.1, 0.15) is 5.75 Å². The van der Waals surface area contributed by atoms with Gasteiger partial charge in [-0.2, -0.15) is 5.10 Å². The van der Waals surface area contributed by atoms with Crippen LogP contribution in [0.4, 0.5) is 0 Å². The molecule has 6 heteroatoms. The fraction of sp³-hybridized carbons (Fsp3) is 0.286. The molecule has 0 radical (unpaired) electrons. The molecule has 0 aliphatic carbocycles. The third kappa shape index (κ3) is 4.16. The Morgan fingerprint density at radius 1 is 1.19 bits per heavy atom. The molecular formula is C21H24N4O2. The van der Waals surface area contributed by atoms with Crippen LogP contribution in [0.5, 0.6) is 5.75 Å². The van der Waals surface area contributed by atoms with Gasteiger partial charge in [0.25, 0.3) is 5.91 Å². The van der Waals surface area contributed by atoms with Crippen LogP contribution in [0.3, 0.4) is 0 Å². The van der Waals surface area contributed by atoms with E-state index in [0.29, 0.717) is 6.54 Å². The molecule has 0 fully saturated rings. The predicted octanol–water partition coefficient (Wildman–Crippen LogP) is 3.64. The van der Waals surface area contributed by atoms with Crippen molar-refractivity contribution < 1.29 is 9.90 Å². The van der Waals surface area contributed by atoms with Gasteiger partial charge in [-0.05, 0) is 55.2 Å². The van der Waals surface area contributed by atoms with Gasteiger partial charge in [0.15, 0.2) is 5.82 Å². The van der Waals surface area contributed by atoms with Crippen LogP contribution in [0.2, 0.25) is 0 Å². The molecule has 2 N–H and O–H groups in total. The molecule has 0 atom stereocenters. The maximum absolute atomic E-state index is 12.4. The van der Waals surface area contributed by atoms with E-state index in [1.165, 1.54) is 0 Å². The molecule has 3 aromatic rings. The van der Waals surface area contributed by atoms with E-state index in [0.717, 1.165) is 28.3 Å². The number of carbonyl (C=O) groups excluding carboxylic acids is 1. The van der Waals surface area contributed by atoms with Gasteiger partial charge >= 0.3 is 0 Å². The minimum absolute atomic E-state index is 0.0186. The zero-order valence-electron chi connectivity index (χ0n) is 16.0. The maximum Gasteiger partial charge on any atom is 0.255 e. The summed E-state index contributed by atoms with van der Waals surface area (Å²) in [6.07, 6.45) is 1.72. The summed E-state index contributed by atoms with van der Waals surface area (Å²) in [5.41, 5.74) is 4.12. The highest BCUT2D eigenvalue weighted by molar-refractivity contribution is 5.97. The van der Waals surface area contributed by atoms with E-state index < -0.39 is 0 Å². The number of amides is 1. The van der Waals surface area contributed by atoms with E-state index >= 15 is 0 Å². The van der Waals surface area contributed by atoms with Crippen molar-refractivity contribution >= 4 is 5.91 Å². The Labute approximate surface area is 158 Å². The average molecular weight is 364 g/mol. The van der Waals surface area contributed by atoms with Crippen molar-refractivity contribution in [2.24, 2.45) is 0 Å². The smallest absolute Gasteiger partial charge is 0.255 e. The standard InChI is InChI=1S/C21H24N4O2/c1-13(2)17-6-7-19(26)18(10-17)21(27)23-12-16-5-8-20(22-11-16)25-15(4)9-14(3)24-25/h5-11,13,26H,12H2,1-4H3,(H,23,27). The lowest BCUT2D eigenvalue weighted by molar-refractivity contribution is 0.0948. The molecule has 0 aliphatic heterocycles. The number of carbonyl (C=O) groups is 1. The predicted molar refractivity (Wildman–Crippen MR) is 104 cm³/mol.